The van der Waals surface area contributed by atoms with Crippen molar-refractivity contribution in [2.75, 3.05) is 18.9 Å². The van der Waals surface area contributed by atoms with E-state index in [9.17, 15) is 9.59 Å². The van der Waals surface area contributed by atoms with Crippen LogP contribution in [0.25, 0.3) is 0 Å². The summed E-state index contributed by atoms with van der Waals surface area (Å²) < 4.78 is 5.86. The molecule has 0 bridgehead atoms. The Labute approximate surface area is 207 Å². The Kier molecular flexibility index (Phi) is 8.21. The number of nitrogens with two attached hydrogens (primary N) is 1. The Bertz CT molecular complexity index is 1040. The van der Waals surface area contributed by atoms with Crippen molar-refractivity contribution in [2.45, 2.75) is 71.1 Å². The Morgan fingerprint density at radius 1 is 1.20 bits per heavy atom. The smallest absolute Gasteiger partial charge is 0.303 e. The van der Waals surface area contributed by atoms with E-state index in [2.05, 4.69) is 35.1 Å². The molecule has 1 aromatic heterocycles. The van der Waals surface area contributed by atoms with E-state index < -0.39 is 5.97 Å². The second-order valence-electron chi connectivity index (χ2n) is 9.71. The van der Waals surface area contributed by atoms with Gasteiger partial charge in [-0.25, -0.2) is 4.98 Å². The van der Waals surface area contributed by atoms with E-state index in [1.54, 1.807) is 4.90 Å². The van der Waals surface area contributed by atoms with Crippen molar-refractivity contribution < 1.29 is 19.4 Å². The third kappa shape index (κ3) is 6.10. The average Bonchev–Trinajstić information content (AvgIpc) is 3.16. The van der Waals surface area contributed by atoms with E-state index in [1.807, 2.05) is 6.08 Å². The maximum atomic E-state index is 13.5. The average molecular weight is 481 g/mol. The van der Waals surface area contributed by atoms with Crippen LogP contribution in [-0.2, 0) is 11.2 Å². The summed E-state index contributed by atoms with van der Waals surface area (Å²) >= 11 is 0. The van der Waals surface area contributed by atoms with E-state index in [0.29, 0.717) is 37.7 Å². The number of aliphatic carboxylic acids is 1. The number of allylic oxidation sites excluding steroid dienone is 5. The lowest BCUT2D eigenvalue weighted by Crippen LogP contribution is -2.32. The number of ether oxygens (including phenoxy) is 1. The molecule has 8 nitrogen and oxygen atoms in total. The van der Waals surface area contributed by atoms with Crippen molar-refractivity contribution in [1.29, 1.82) is 0 Å². The first-order chi connectivity index (χ1) is 17.0. The Balaban J connectivity index is 1.48. The van der Waals surface area contributed by atoms with Crippen molar-refractivity contribution in [2.24, 2.45) is 11.8 Å². The number of nitrogen functional groups attached to an aromatic ring is 1. The molecule has 3 N–H and O–H groups in total. The number of fused-ring (bicyclic) bond motifs is 1. The maximum Gasteiger partial charge on any atom is 0.303 e. The van der Waals surface area contributed by atoms with Crippen LogP contribution in [0.5, 0.6) is 5.88 Å². The number of anilines is 1. The summed E-state index contributed by atoms with van der Waals surface area (Å²) in [5, 5.41) is 9.06. The molecule has 1 aliphatic heterocycles. The van der Waals surface area contributed by atoms with Gasteiger partial charge in [-0.05, 0) is 55.6 Å². The molecule has 2 heterocycles. The normalized spacial score (nSPS) is 22.4. The molecule has 1 amide bonds. The summed E-state index contributed by atoms with van der Waals surface area (Å²) in [7, 11) is 0. The van der Waals surface area contributed by atoms with Gasteiger partial charge >= 0.3 is 5.97 Å². The van der Waals surface area contributed by atoms with Crippen LogP contribution in [-0.4, -0.2) is 45.0 Å². The minimum Gasteiger partial charge on any atom is -0.481 e. The van der Waals surface area contributed by atoms with Gasteiger partial charge in [0.05, 0.1) is 6.54 Å². The number of carbonyl (C=O) groups excluding carboxylic acids is 1. The third-order valence-corrected chi connectivity index (χ3v) is 7.20. The summed E-state index contributed by atoms with van der Waals surface area (Å²) in [6, 6.07) is 0. The lowest BCUT2D eigenvalue weighted by molar-refractivity contribution is -0.138. The number of hydrogen-bond donors (Lipinski definition) is 2. The number of carboxylic acids is 1. The first kappa shape index (κ1) is 24.9. The van der Waals surface area contributed by atoms with E-state index >= 15 is 0 Å². The third-order valence-electron chi connectivity index (χ3n) is 7.20. The molecule has 2 aliphatic carbocycles. The molecular formula is C27H36N4O4. The van der Waals surface area contributed by atoms with Crippen molar-refractivity contribution >= 4 is 17.7 Å². The Hall–Kier alpha value is -3.16. The first-order valence-electron chi connectivity index (χ1n) is 12.9. The fraction of sp³-hybridized carbons (Fsp3) is 0.556. The molecule has 4 rings (SSSR count). The van der Waals surface area contributed by atoms with Gasteiger partial charge in [-0.3, -0.25) is 9.59 Å². The highest BCUT2D eigenvalue weighted by molar-refractivity contribution is 6.01. The number of carboxylic acid groups (broad SMARTS) is 1. The molecule has 0 aromatic carbocycles. The van der Waals surface area contributed by atoms with Crippen molar-refractivity contribution in [3.05, 3.63) is 47.0 Å². The topological polar surface area (TPSA) is 119 Å². The lowest BCUT2D eigenvalue weighted by atomic mass is 9.77. The standard InChI is InChI=1S/C27H36N4O4/c1-2-3-4-8-22-29-25(28)24-26(30-22)35-16-15-31(27(24)34)21-7-5-6-19(13-14-21)20-11-9-18(10-12-20)17-23(32)33/h5-6,13-14,18,20H,2-4,7-12,15-17H2,1H3,(H,32,33)(H2,28,29,30). The molecule has 188 valence electrons. The molecule has 0 atom stereocenters. The fourth-order valence-corrected chi connectivity index (χ4v) is 5.25. The van der Waals surface area contributed by atoms with Gasteiger partial charge in [0.2, 0.25) is 5.88 Å². The number of hydrogen-bond acceptors (Lipinski definition) is 6. The quantitative estimate of drug-likeness (QED) is 0.519. The van der Waals surface area contributed by atoms with Crippen molar-refractivity contribution in [3.63, 3.8) is 0 Å². The molecule has 0 radical (unpaired) electrons. The number of rotatable bonds is 8. The highest BCUT2D eigenvalue weighted by Gasteiger charge is 2.31. The van der Waals surface area contributed by atoms with Crippen LogP contribution < -0.4 is 10.5 Å². The first-order valence-corrected chi connectivity index (χ1v) is 12.9. The monoisotopic (exact) mass is 480 g/mol. The van der Waals surface area contributed by atoms with Gasteiger partial charge in [0.25, 0.3) is 5.91 Å². The Morgan fingerprint density at radius 2 is 2.00 bits per heavy atom. The van der Waals surface area contributed by atoms with Gasteiger partial charge in [0.15, 0.2) is 0 Å². The largest absolute Gasteiger partial charge is 0.481 e. The molecule has 8 heteroatoms. The van der Waals surface area contributed by atoms with Gasteiger partial charge in [-0.2, -0.15) is 4.98 Å². The lowest BCUT2D eigenvalue weighted by Gasteiger charge is -2.28. The molecule has 1 saturated carbocycles. The predicted molar refractivity (Wildman–Crippen MR) is 134 cm³/mol. The van der Waals surface area contributed by atoms with E-state index in [4.69, 9.17) is 15.6 Å². The van der Waals surface area contributed by atoms with E-state index in [-0.39, 0.29) is 35.5 Å². The number of carbonyl (C=O) groups is 2. The predicted octanol–water partition coefficient (Wildman–Crippen LogP) is 4.68. The highest BCUT2D eigenvalue weighted by atomic mass is 16.5. The van der Waals surface area contributed by atoms with Crippen LogP contribution in [0.3, 0.4) is 0 Å². The van der Waals surface area contributed by atoms with Gasteiger partial charge in [-0.1, -0.05) is 38.0 Å². The molecule has 35 heavy (non-hydrogen) atoms. The zero-order chi connectivity index (χ0) is 24.8. The van der Waals surface area contributed by atoms with Gasteiger partial charge in [0.1, 0.15) is 23.8 Å². The maximum absolute atomic E-state index is 13.5. The summed E-state index contributed by atoms with van der Waals surface area (Å²) in [5.41, 5.74) is 8.61. The van der Waals surface area contributed by atoms with Crippen LogP contribution in [0.15, 0.2) is 35.6 Å². The van der Waals surface area contributed by atoms with Crippen LogP contribution in [0.4, 0.5) is 5.82 Å². The Morgan fingerprint density at radius 3 is 2.74 bits per heavy atom. The SMILES string of the molecule is CCCCCc1nc(N)c2c(n1)OCCN(C1=CC=C(C3CCC(CC(=O)O)CC3)C=CC1)C2=O. The van der Waals surface area contributed by atoms with Crippen molar-refractivity contribution in [3.8, 4) is 5.88 Å². The second-order valence-corrected chi connectivity index (χ2v) is 9.71. The van der Waals surface area contributed by atoms with Gasteiger partial charge in [0, 0.05) is 25.0 Å². The molecule has 0 unspecified atom stereocenters. The molecule has 0 saturated heterocycles. The zero-order valence-electron chi connectivity index (χ0n) is 20.5. The molecule has 1 fully saturated rings. The highest BCUT2D eigenvalue weighted by Crippen LogP contribution is 2.36. The number of aromatic nitrogens is 2. The van der Waals surface area contributed by atoms with Crippen LogP contribution >= 0.6 is 0 Å². The van der Waals surface area contributed by atoms with E-state index in [1.165, 1.54) is 5.57 Å². The number of amides is 1. The van der Waals surface area contributed by atoms with E-state index in [0.717, 1.165) is 50.6 Å². The van der Waals surface area contributed by atoms with Gasteiger partial charge < -0.3 is 20.5 Å². The number of unbranched alkanes of at least 4 members (excludes halogenated alkanes) is 2. The summed E-state index contributed by atoms with van der Waals surface area (Å²) in [5.74, 6) is 0.860. The molecule has 3 aliphatic rings. The summed E-state index contributed by atoms with van der Waals surface area (Å²) in [6.07, 6.45) is 17.0. The zero-order valence-corrected chi connectivity index (χ0v) is 20.5. The minimum absolute atomic E-state index is 0.178. The second kappa shape index (κ2) is 11.5. The summed E-state index contributed by atoms with van der Waals surface area (Å²) in [6.45, 7) is 2.91. The molecule has 1 aromatic rings. The fourth-order valence-electron chi connectivity index (χ4n) is 5.25. The van der Waals surface area contributed by atoms with Crippen LogP contribution in [0.2, 0.25) is 0 Å². The summed E-state index contributed by atoms with van der Waals surface area (Å²) in [4.78, 5) is 35.2. The molecular weight excluding hydrogens is 444 g/mol. The minimum atomic E-state index is -0.707. The number of aryl methyl sites for hydroxylation is 1. The van der Waals surface area contributed by atoms with Gasteiger partial charge in [-0.15, -0.1) is 0 Å². The number of nitrogens with zero attached hydrogens (tertiary/aromatic N) is 3. The van der Waals surface area contributed by atoms with Crippen molar-refractivity contribution in [1.82, 2.24) is 14.9 Å². The van der Waals surface area contributed by atoms with Crippen LogP contribution in [0.1, 0.15) is 80.9 Å². The van der Waals surface area contributed by atoms with Crippen LogP contribution in [0, 0.1) is 11.8 Å². The molecule has 0 spiro atoms.